The van der Waals surface area contributed by atoms with Gasteiger partial charge in [0.25, 0.3) is 11.8 Å². The second-order valence-corrected chi connectivity index (χ2v) is 4.86. The van der Waals surface area contributed by atoms with Gasteiger partial charge in [-0.1, -0.05) is 6.07 Å². The summed E-state index contributed by atoms with van der Waals surface area (Å²) in [5, 5.41) is 0. The van der Waals surface area contributed by atoms with Crippen LogP contribution in [0.1, 0.15) is 34.8 Å². The van der Waals surface area contributed by atoms with E-state index in [1.165, 1.54) is 23.1 Å². The Bertz CT molecular complexity index is 654. The van der Waals surface area contributed by atoms with Crippen LogP contribution < -0.4 is 28.7 Å². The molecule has 10 N–H and O–H groups in total. The van der Waals surface area contributed by atoms with E-state index in [0.717, 1.165) is 0 Å². The topological polar surface area (TPSA) is 205 Å². The molecule has 24 heavy (non-hydrogen) atoms. The van der Waals surface area contributed by atoms with Crippen LogP contribution in [-0.2, 0) is 0 Å². The molecule has 1 heterocycles. The number of hydrogen-bond acceptors (Lipinski definition) is 5. The Balaban J connectivity index is 3.30. The van der Waals surface area contributed by atoms with Crippen molar-refractivity contribution in [3.63, 3.8) is 0 Å². The molecule has 2 unspecified atom stereocenters. The monoisotopic (exact) mass is 335 g/mol. The van der Waals surface area contributed by atoms with Crippen LogP contribution in [-0.4, -0.2) is 45.9 Å². The molecule has 0 aliphatic heterocycles. The van der Waals surface area contributed by atoms with Gasteiger partial charge in [-0.25, -0.2) is 15.0 Å². The molecule has 1 rings (SSSR count). The second kappa shape index (κ2) is 7.76. The standard InChI is InChI=1S/C13H21N9O2/c1-6(19-12(15)16)22(7(2)20-13(17)18)11(24)9-5-3-4-8(21-9)10(14)23/h3-7H,1-2H3,(H2,14,23)(H4,15,16,19)(H4,17,18,20). The van der Waals surface area contributed by atoms with Gasteiger partial charge in [-0.3, -0.25) is 14.5 Å². The molecule has 0 aliphatic rings. The molecule has 0 fully saturated rings. The maximum Gasteiger partial charge on any atom is 0.275 e. The highest BCUT2D eigenvalue weighted by molar-refractivity contribution is 5.96. The third-order valence-corrected chi connectivity index (χ3v) is 2.93. The molecule has 2 amide bonds. The summed E-state index contributed by atoms with van der Waals surface area (Å²) in [4.78, 5) is 37.0. The Morgan fingerprint density at radius 2 is 1.42 bits per heavy atom. The lowest BCUT2D eigenvalue weighted by atomic mass is 10.2. The number of aliphatic imine (C=N–C) groups is 2. The quantitative estimate of drug-likeness (QED) is 0.288. The van der Waals surface area contributed by atoms with Crippen molar-refractivity contribution in [2.75, 3.05) is 0 Å². The van der Waals surface area contributed by atoms with Gasteiger partial charge in [-0.2, -0.15) is 0 Å². The molecule has 1 aromatic rings. The Kier molecular flexibility index (Phi) is 6.04. The van der Waals surface area contributed by atoms with Crippen molar-refractivity contribution < 1.29 is 9.59 Å². The van der Waals surface area contributed by atoms with Crippen molar-refractivity contribution in [1.29, 1.82) is 0 Å². The average molecular weight is 335 g/mol. The highest BCUT2D eigenvalue weighted by Gasteiger charge is 2.27. The first kappa shape index (κ1) is 18.7. The number of hydrogen-bond donors (Lipinski definition) is 5. The van der Waals surface area contributed by atoms with Crippen LogP contribution in [0.4, 0.5) is 0 Å². The van der Waals surface area contributed by atoms with Gasteiger partial charge in [0.1, 0.15) is 23.7 Å². The SMILES string of the molecule is CC(N=C(N)N)N(C(=O)c1cccc(C(N)=O)n1)C(C)N=C(N)N. The van der Waals surface area contributed by atoms with E-state index in [1.807, 2.05) is 0 Å². The molecule has 2 atom stereocenters. The minimum absolute atomic E-state index is 0.0263. The minimum atomic E-state index is -0.778. The summed E-state index contributed by atoms with van der Waals surface area (Å²) in [7, 11) is 0. The van der Waals surface area contributed by atoms with Gasteiger partial charge in [0.05, 0.1) is 0 Å². The maximum atomic E-state index is 12.8. The molecule has 11 nitrogen and oxygen atoms in total. The van der Waals surface area contributed by atoms with Gasteiger partial charge < -0.3 is 28.7 Å². The zero-order valence-corrected chi connectivity index (χ0v) is 13.4. The highest BCUT2D eigenvalue weighted by atomic mass is 16.2. The Hall–Kier alpha value is -3.37. The number of nitrogens with two attached hydrogens (primary N) is 5. The minimum Gasteiger partial charge on any atom is -0.370 e. The molecule has 0 spiro atoms. The third kappa shape index (κ3) is 4.83. The fraction of sp³-hybridized carbons (Fsp3) is 0.308. The van der Waals surface area contributed by atoms with Crippen molar-refractivity contribution in [3.05, 3.63) is 29.6 Å². The normalized spacial score (nSPS) is 12.6. The number of carbonyl (C=O) groups is 2. The molecule has 130 valence electrons. The van der Waals surface area contributed by atoms with Gasteiger partial charge in [0, 0.05) is 0 Å². The van der Waals surface area contributed by atoms with Crippen molar-refractivity contribution in [1.82, 2.24) is 9.88 Å². The van der Waals surface area contributed by atoms with E-state index in [1.54, 1.807) is 13.8 Å². The zero-order valence-electron chi connectivity index (χ0n) is 13.4. The summed E-state index contributed by atoms with van der Waals surface area (Å²) in [5.74, 6) is -1.76. The Morgan fingerprint density at radius 3 is 1.83 bits per heavy atom. The number of nitrogens with zero attached hydrogens (tertiary/aromatic N) is 4. The van der Waals surface area contributed by atoms with Gasteiger partial charge in [0.2, 0.25) is 0 Å². The number of pyridine rings is 1. The number of amides is 2. The Labute approximate surface area is 138 Å². The largest absolute Gasteiger partial charge is 0.370 e. The fourth-order valence-corrected chi connectivity index (χ4v) is 2.03. The van der Waals surface area contributed by atoms with Gasteiger partial charge in [0.15, 0.2) is 11.9 Å². The number of rotatable bonds is 6. The molecule has 0 bridgehead atoms. The van der Waals surface area contributed by atoms with Gasteiger partial charge >= 0.3 is 0 Å². The molecule has 0 saturated heterocycles. The second-order valence-electron chi connectivity index (χ2n) is 4.86. The van der Waals surface area contributed by atoms with Crippen molar-refractivity contribution >= 4 is 23.7 Å². The first-order valence-electron chi connectivity index (χ1n) is 6.90. The summed E-state index contributed by atoms with van der Waals surface area (Å²) in [6.45, 7) is 3.16. The van der Waals surface area contributed by atoms with E-state index >= 15 is 0 Å². The maximum absolute atomic E-state index is 12.8. The highest BCUT2D eigenvalue weighted by Crippen LogP contribution is 2.13. The van der Waals surface area contributed by atoms with Crippen LogP contribution in [0.15, 0.2) is 28.2 Å². The van der Waals surface area contributed by atoms with Crippen LogP contribution >= 0.6 is 0 Å². The average Bonchev–Trinajstić information content (AvgIpc) is 2.45. The summed E-state index contributed by atoms with van der Waals surface area (Å²) in [5.41, 5.74) is 26.5. The smallest absolute Gasteiger partial charge is 0.275 e. The molecule has 0 radical (unpaired) electrons. The summed E-state index contributed by atoms with van der Waals surface area (Å²) < 4.78 is 0. The predicted octanol–water partition coefficient (Wildman–Crippen LogP) is -2.14. The molecule has 0 aliphatic carbocycles. The molecule has 0 saturated carbocycles. The van der Waals surface area contributed by atoms with Gasteiger partial charge in [-0.15, -0.1) is 0 Å². The lowest BCUT2D eigenvalue weighted by molar-refractivity contribution is 0.0619. The van der Waals surface area contributed by atoms with E-state index in [-0.39, 0.29) is 23.3 Å². The summed E-state index contributed by atoms with van der Waals surface area (Å²) >= 11 is 0. The number of guanidine groups is 2. The number of carbonyl (C=O) groups excluding carboxylic acids is 2. The van der Waals surface area contributed by atoms with Crippen LogP contribution in [0.25, 0.3) is 0 Å². The molecule has 11 heteroatoms. The molecular formula is C13H21N9O2. The molecule has 0 aromatic carbocycles. The van der Waals surface area contributed by atoms with Crippen LogP contribution in [0.5, 0.6) is 0 Å². The summed E-state index contributed by atoms with van der Waals surface area (Å²) in [6, 6.07) is 4.30. The van der Waals surface area contributed by atoms with Crippen LogP contribution in [0, 0.1) is 0 Å². The van der Waals surface area contributed by atoms with Crippen molar-refractivity contribution in [2.24, 2.45) is 38.7 Å². The number of aromatic nitrogens is 1. The molecule has 1 aromatic heterocycles. The van der Waals surface area contributed by atoms with Crippen LogP contribution in [0.3, 0.4) is 0 Å². The predicted molar refractivity (Wildman–Crippen MR) is 89.5 cm³/mol. The lowest BCUT2D eigenvalue weighted by Crippen LogP contribution is -2.46. The van der Waals surface area contributed by atoms with E-state index < -0.39 is 24.1 Å². The fourth-order valence-electron chi connectivity index (χ4n) is 2.03. The summed E-state index contributed by atoms with van der Waals surface area (Å²) in [6.07, 6.45) is -1.56. The first-order chi connectivity index (χ1) is 11.1. The lowest BCUT2D eigenvalue weighted by Gasteiger charge is -2.30. The van der Waals surface area contributed by atoms with E-state index in [0.29, 0.717) is 0 Å². The van der Waals surface area contributed by atoms with Crippen molar-refractivity contribution in [3.8, 4) is 0 Å². The van der Waals surface area contributed by atoms with E-state index in [4.69, 9.17) is 28.7 Å². The zero-order chi connectivity index (χ0) is 18.4. The van der Waals surface area contributed by atoms with Crippen molar-refractivity contribution in [2.45, 2.75) is 26.2 Å². The molecular weight excluding hydrogens is 314 g/mol. The van der Waals surface area contributed by atoms with E-state index in [9.17, 15) is 9.59 Å². The van der Waals surface area contributed by atoms with Crippen LogP contribution in [0.2, 0.25) is 0 Å². The first-order valence-corrected chi connectivity index (χ1v) is 6.90. The third-order valence-electron chi connectivity index (χ3n) is 2.93. The van der Waals surface area contributed by atoms with Gasteiger partial charge in [-0.05, 0) is 26.0 Å². The van der Waals surface area contributed by atoms with E-state index in [2.05, 4.69) is 15.0 Å². The number of primary amides is 1. The Morgan fingerprint density at radius 1 is 0.958 bits per heavy atom.